The number of ether oxygens (including phenoxy) is 1. The van der Waals surface area contributed by atoms with Gasteiger partial charge in [0.25, 0.3) is 0 Å². The van der Waals surface area contributed by atoms with E-state index in [9.17, 15) is 13.6 Å². The fourth-order valence-corrected chi connectivity index (χ4v) is 3.10. The molecule has 0 aliphatic heterocycles. The summed E-state index contributed by atoms with van der Waals surface area (Å²) in [6, 6.07) is 0.300. The monoisotopic (exact) mass is 304 g/mol. The van der Waals surface area contributed by atoms with Gasteiger partial charge in [0.15, 0.2) is 0 Å². The first-order chi connectivity index (χ1) is 9.96. The van der Waals surface area contributed by atoms with Crippen LogP contribution in [0.2, 0.25) is 0 Å². The maximum absolute atomic E-state index is 13.0. The highest BCUT2D eigenvalue weighted by Gasteiger charge is 2.37. The van der Waals surface area contributed by atoms with E-state index in [1.165, 1.54) is 0 Å². The first-order valence-electron chi connectivity index (χ1n) is 7.99. The minimum absolute atomic E-state index is 0.111. The Bertz CT molecular complexity index is 335. The lowest BCUT2D eigenvalue weighted by Crippen LogP contribution is -2.38. The van der Waals surface area contributed by atoms with Gasteiger partial charge in [-0.3, -0.25) is 4.79 Å². The van der Waals surface area contributed by atoms with Gasteiger partial charge in [-0.2, -0.15) is 0 Å². The van der Waals surface area contributed by atoms with Crippen LogP contribution in [0.5, 0.6) is 0 Å². The van der Waals surface area contributed by atoms with Gasteiger partial charge in [0.2, 0.25) is 11.8 Å². The second-order valence-corrected chi connectivity index (χ2v) is 6.33. The second-order valence-electron chi connectivity index (χ2n) is 6.33. The molecular formula is C15H26F2N2O2. The van der Waals surface area contributed by atoms with Crippen LogP contribution in [-0.2, 0) is 9.53 Å². The summed E-state index contributed by atoms with van der Waals surface area (Å²) >= 11 is 0. The van der Waals surface area contributed by atoms with Crippen LogP contribution in [0, 0.1) is 5.92 Å². The van der Waals surface area contributed by atoms with Gasteiger partial charge in [-0.15, -0.1) is 0 Å². The molecule has 0 aromatic heterocycles. The molecule has 0 saturated heterocycles. The van der Waals surface area contributed by atoms with Crippen molar-refractivity contribution in [1.82, 2.24) is 5.32 Å². The molecule has 1 amide bonds. The number of rotatable bonds is 5. The predicted molar refractivity (Wildman–Crippen MR) is 76.1 cm³/mol. The topological polar surface area (TPSA) is 64.3 Å². The molecule has 0 unspecified atom stereocenters. The van der Waals surface area contributed by atoms with Crippen LogP contribution in [0.3, 0.4) is 0 Å². The van der Waals surface area contributed by atoms with E-state index >= 15 is 0 Å². The zero-order chi connectivity index (χ0) is 15.3. The average Bonchev–Trinajstić information content (AvgIpc) is 2.45. The molecule has 2 aliphatic carbocycles. The lowest BCUT2D eigenvalue weighted by molar-refractivity contribution is -0.129. The minimum atomic E-state index is -2.58. The van der Waals surface area contributed by atoms with Crippen molar-refractivity contribution in [2.45, 2.75) is 69.4 Å². The third-order valence-electron chi connectivity index (χ3n) is 4.56. The summed E-state index contributed by atoms with van der Waals surface area (Å²) in [5, 5.41) is 2.79. The van der Waals surface area contributed by atoms with Gasteiger partial charge >= 0.3 is 0 Å². The third-order valence-corrected chi connectivity index (χ3v) is 4.56. The maximum atomic E-state index is 13.0. The van der Waals surface area contributed by atoms with Crippen molar-refractivity contribution in [3.8, 4) is 0 Å². The van der Waals surface area contributed by atoms with Crippen LogP contribution in [0.25, 0.3) is 0 Å². The lowest BCUT2D eigenvalue weighted by atomic mass is 9.86. The second kappa shape index (κ2) is 7.49. The summed E-state index contributed by atoms with van der Waals surface area (Å²) < 4.78 is 31.8. The van der Waals surface area contributed by atoms with E-state index in [1.54, 1.807) is 0 Å². The van der Waals surface area contributed by atoms with Crippen LogP contribution >= 0.6 is 0 Å². The number of halogens is 2. The molecule has 2 aliphatic rings. The number of amides is 1. The van der Waals surface area contributed by atoms with Gasteiger partial charge in [-0.1, -0.05) is 0 Å². The minimum Gasteiger partial charge on any atom is -0.376 e. The summed E-state index contributed by atoms with van der Waals surface area (Å²) in [6.45, 7) is 0.933. The van der Waals surface area contributed by atoms with E-state index in [0.29, 0.717) is 19.2 Å². The van der Waals surface area contributed by atoms with Gasteiger partial charge in [-0.05, 0) is 38.5 Å². The Morgan fingerprint density at radius 1 is 1.14 bits per heavy atom. The van der Waals surface area contributed by atoms with Crippen molar-refractivity contribution in [1.29, 1.82) is 0 Å². The van der Waals surface area contributed by atoms with E-state index < -0.39 is 5.92 Å². The zero-order valence-corrected chi connectivity index (χ0v) is 12.5. The fourth-order valence-electron chi connectivity index (χ4n) is 3.10. The van der Waals surface area contributed by atoms with Crippen molar-refractivity contribution in [3.63, 3.8) is 0 Å². The molecule has 0 spiro atoms. The Hall–Kier alpha value is -0.750. The first kappa shape index (κ1) is 16.6. The van der Waals surface area contributed by atoms with Crippen molar-refractivity contribution in [3.05, 3.63) is 0 Å². The van der Waals surface area contributed by atoms with E-state index in [1.807, 2.05) is 0 Å². The Morgan fingerprint density at radius 3 is 2.38 bits per heavy atom. The van der Waals surface area contributed by atoms with Crippen molar-refractivity contribution < 1.29 is 18.3 Å². The molecule has 2 fully saturated rings. The van der Waals surface area contributed by atoms with E-state index in [2.05, 4.69) is 5.32 Å². The molecule has 0 bridgehead atoms. The Labute approximate surface area is 124 Å². The molecule has 122 valence electrons. The number of nitrogens with one attached hydrogen (secondary N) is 1. The molecule has 4 nitrogen and oxygen atoms in total. The van der Waals surface area contributed by atoms with Crippen LogP contribution < -0.4 is 11.1 Å². The molecule has 0 radical (unpaired) electrons. The van der Waals surface area contributed by atoms with Crippen LogP contribution in [0.4, 0.5) is 8.78 Å². The normalized spacial score (nSPS) is 30.0. The molecule has 6 heteroatoms. The molecule has 0 aromatic rings. The standard InChI is InChI=1S/C15H26F2N2O2/c16-15(17)7-5-11(6-8-15)14(20)19-9-10-21-13-3-1-12(18)2-4-13/h11-13H,1-10,18H2,(H,19,20). The van der Waals surface area contributed by atoms with Gasteiger partial charge in [-0.25, -0.2) is 8.78 Å². The third kappa shape index (κ3) is 5.51. The highest BCUT2D eigenvalue weighted by atomic mass is 19.3. The number of hydrogen-bond donors (Lipinski definition) is 2. The Balaban J connectivity index is 1.55. The maximum Gasteiger partial charge on any atom is 0.248 e. The number of carbonyl (C=O) groups excluding carboxylic acids is 1. The highest BCUT2D eigenvalue weighted by Crippen LogP contribution is 2.36. The number of nitrogens with two attached hydrogens (primary N) is 1. The van der Waals surface area contributed by atoms with E-state index in [4.69, 9.17) is 10.5 Å². The lowest BCUT2D eigenvalue weighted by Gasteiger charge is -2.28. The molecular weight excluding hydrogens is 278 g/mol. The summed E-state index contributed by atoms with van der Waals surface area (Å²) in [6.07, 6.45) is 4.39. The number of carbonyl (C=O) groups is 1. The SMILES string of the molecule is NC1CCC(OCCNC(=O)C2CCC(F)(F)CC2)CC1. The van der Waals surface area contributed by atoms with Gasteiger partial charge < -0.3 is 15.8 Å². The molecule has 2 saturated carbocycles. The van der Waals surface area contributed by atoms with Crippen LogP contribution in [0.15, 0.2) is 0 Å². The van der Waals surface area contributed by atoms with Crippen LogP contribution in [0.1, 0.15) is 51.4 Å². The summed E-state index contributed by atoms with van der Waals surface area (Å²) in [5.74, 6) is -2.96. The quantitative estimate of drug-likeness (QED) is 0.765. The molecule has 0 aromatic carbocycles. The van der Waals surface area contributed by atoms with Gasteiger partial charge in [0, 0.05) is 31.3 Å². The molecule has 0 atom stereocenters. The number of hydrogen-bond acceptors (Lipinski definition) is 3. The van der Waals surface area contributed by atoms with E-state index in [-0.39, 0.29) is 43.6 Å². The summed E-state index contributed by atoms with van der Waals surface area (Å²) in [7, 11) is 0. The first-order valence-corrected chi connectivity index (χ1v) is 7.99. The molecule has 3 N–H and O–H groups in total. The largest absolute Gasteiger partial charge is 0.376 e. The predicted octanol–water partition coefficient (Wildman–Crippen LogP) is 2.21. The smallest absolute Gasteiger partial charge is 0.248 e. The van der Waals surface area contributed by atoms with Crippen molar-refractivity contribution >= 4 is 5.91 Å². The van der Waals surface area contributed by atoms with Gasteiger partial charge in [0.1, 0.15) is 0 Å². The average molecular weight is 304 g/mol. The Kier molecular flexibility index (Phi) is 5.93. The highest BCUT2D eigenvalue weighted by molar-refractivity contribution is 5.78. The zero-order valence-electron chi connectivity index (χ0n) is 12.5. The summed E-state index contributed by atoms with van der Waals surface area (Å²) in [5.41, 5.74) is 5.83. The number of alkyl halides is 2. The molecule has 21 heavy (non-hydrogen) atoms. The molecule has 2 rings (SSSR count). The van der Waals surface area contributed by atoms with Gasteiger partial charge in [0.05, 0.1) is 12.7 Å². The Morgan fingerprint density at radius 2 is 1.76 bits per heavy atom. The fraction of sp³-hybridized carbons (Fsp3) is 0.933. The van der Waals surface area contributed by atoms with Crippen LogP contribution in [-0.4, -0.2) is 37.1 Å². The van der Waals surface area contributed by atoms with Crippen molar-refractivity contribution in [2.75, 3.05) is 13.2 Å². The van der Waals surface area contributed by atoms with E-state index in [0.717, 1.165) is 25.7 Å². The molecule has 0 heterocycles. The van der Waals surface area contributed by atoms with Crippen molar-refractivity contribution in [2.24, 2.45) is 11.7 Å². The summed E-state index contributed by atoms with van der Waals surface area (Å²) in [4.78, 5) is 11.9.